The molecule has 0 N–H and O–H groups in total. The smallest absolute Gasteiger partial charge is 0.139 e. The quantitative estimate of drug-likeness (QED) is 0.493. The van der Waals surface area contributed by atoms with Gasteiger partial charge in [0.1, 0.15) is 5.75 Å². The molecule has 2 nitrogen and oxygen atoms in total. The van der Waals surface area contributed by atoms with Crippen LogP contribution in [0.15, 0.2) is 12.1 Å². The standard InChI is InChI=1S/C22H40O2S/c1-11-18-15-17(3)16-19(24-25(9,10)21(4,5)6)20(18)22(7,8)13-14-23-12-2/h15-16H,11-14H2,1-10H3. The number of aryl methyl sites for hydroxylation is 2. The molecule has 0 fully saturated rings. The molecule has 146 valence electrons. The molecule has 0 atom stereocenters. The van der Waals surface area contributed by atoms with E-state index in [1.165, 1.54) is 16.7 Å². The Labute approximate surface area is 158 Å². The fraction of sp³-hybridized carbons (Fsp3) is 0.727. The lowest BCUT2D eigenvalue weighted by molar-refractivity contribution is 0.129. The third-order valence-corrected chi connectivity index (χ3v) is 8.78. The van der Waals surface area contributed by atoms with E-state index in [2.05, 4.69) is 80.0 Å². The molecule has 3 heteroatoms. The maximum Gasteiger partial charge on any atom is 0.139 e. The predicted octanol–water partition coefficient (Wildman–Crippen LogP) is 6.42. The van der Waals surface area contributed by atoms with Crippen LogP contribution in [0.4, 0.5) is 0 Å². The van der Waals surface area contributed by atoms with Gasteiger partial charge in [-0.15, -0.1) is 0 Å². The Morgan fingerprint density at radius 1 is 1.00 bits per heavy atom. The van der Waals surface area contributed by atoms with Gasteiger partial charge in [0.2, 0.25) is 0 Å². The molecule has 0 aliphatic rings. The van der Waals surface area contributed by atoms with Gasteiger partial charge in [0.05, 0.1) is 0 Å². The van der Waals surface area contributed by atoms with Crippen molar-refractivity contribution in [1.82, 2.24) is 0 Å². The van der Waals surface area contributed by atoms with Crippen molar-refractivity contribution < 1.29 is 8.92 Å². The van der Waals surface area contributed by atoms with Gasteiger partial charge in [-0.05, 0) is 82.6 Å². The lowest BCUT2D eigenvalue weighted by atomic mass is 9.77. The molecule has 0 aromatic heterocycles. The number of hydrogen-bond donors (Lipinski definition) is 0. The first kappa shape index (κ1) is 22.4. The van der Waals surface area contributed by atoms with Gasteiger partial charge in [-0.1, -0.05) is 37.1 Å². The highest BCUT2D eigenvalue weighted by atomic mass is 32.3. The normalized spacial score (nSPS) is 13.8. The average Bonchev–Trinajstić information content (AvgIpc) is 2.44. The van der Waals surface area contributed by atoms with E-state index >= 15 is 0 Å². The van der Waals surface area contributed by atoms with E-state index in [1.807, 2.05) is 0 Å². The summed E-state index contributed by atoms with van der Waals surface area (Å²) in [4.78, 5) is 0. The summed E-state index contributed by atoms with van der Waals surface area (Å²) in [7, 11) is -1.23. The van der Waals surface area contributed by atoms with Gasteiger partial charge < -0.3 is 8.92 Å². The molecule has 0 aliphatic heterocycles. The van der Waals surface area contributed by atoms with Gasteiger partial charge >= 0.3 is 0 Å². The fourth-order valence-electron chi connectivity index (χ4n) is 2.88. The summed E-state index contributed by atoms with van der Waals surface area (Å²) in [6.07, 6.45) is 6.57. The molecule has 0 spiro atoms. The summed E-state index contributed by atoms with van der Waals surface area (Å²) in [6, 6.07) is 4.56. The number of rotatable bonds is 8. The van der Waals surface area contributed by atoms with E-state index in [1.54, 1.807) is 0 Å². The molecule has 1 rings (SSSR count). The van der Waals surface area contributed by atoms with Crippen LogP contribution >= 0.6 is 10.3 Å². The van der Waals surface area contributed by atoms with Crippen LogP contribution in [-0.2, 0) is 16.6 Å². The summed E-state index contributed by atoms with van der Waals surface area (Å²) >= 11 is 0. The zero-order valence-corrected chi connectivity index (χ0v) is 19.0. The number of benzene rings is 1. The van der Waals surface area contributed by atoms with Crippen LogP contribution in [-0.4, -0.2) is 30.5 Å². The molecular weight excluding hydrogens is 328 g/mol. The maximum atomic E-state index is 6.76. The van der Waals surface area contributed by atoms with Crippen molar-refractivity contribution in [2.45, 2.75) is 78.4 Å². The average molecular weight is 369 g/mol. The largest absolute Gasteiger partial charge is 0.449 e. The van der Waals surface area contributed by atoms with Crippen LogP contribution in [0.1, 0.15) is 71.6 Å². The van der Waals surface area contributed by atoms with Gasteiger partial charge in [-0.25, -0.2) is 0 Å². The minimum absolute atomic E-state index is 0.0248. The molecule has 0 heterocycles. The second kappa shape index (κ2) is 8.35. The summed E-state index contributed by atoms with van der Waals surface area (Å²) < 4.78 is 12.5. The molecule has 0 saturated carbocycles. The lowest BCUT2D eigenvalue weighted by Gasteiger charge is -2.45. The zero-order chi connectivity index (χ0) is 19.5. The zero-order valence-electron chi connectivity index (χ0n) is 18.2. The summed E-state index contributed by atoms with van der Waals surface area (Å²) in [6.45, 7) is 19.5. The van der Waals surface area contributed by atoms with Gasteiger partial charge in [0, 0.05) is 23.5 Å². The van der Waals surface area contributed by atoms with E-state index < -0.39 is 10.3 Å². The third kappa shape index (κ3) is 5.65. The highest BCUT2D eigenvalue weighted by Crippen LogP contribution is 2.55. The molecule has 0 amide bonds. The minimum Gasteiger partial charge on any atom is -0.449 e. The second-order valence-corrected chi connectivity index (χ2v) is 12.8. The van der Waals surface area contributed by atoms with E-state index in [0.29, 0.717) is 0 Å². The number of ether oxygens (including phenoxy) is 1. The minimum atomic E-state index is -1.23. The highest BCUT2D eigenvalue weighted by molar-refractivity contribution is 8.30. The Morgan fingerprint density at radius 2 is 1.60 bits per heavy atom. The molecule has 0 bridgehead atoms. The van der Waals surface area contributed by atoms with Crippen LogP contribution < -0.4 is 4.18 Å². The monoisotopic (exact) mass is 368 g/mol. The van der Waals surface area contributed by atoms with Crippen molar-refractivity contribution in [3.63, 3.8) is 0 Å². The molecule has 0 radical (unpaired) electrons. The molecule has 0 aliphatic carbocycles. The SMILES string of the molecule is CCOCCC(C)(C)c1c(CC)cc(C)cc1OS(C)(C)C(C)(C)C. The fourth-order valence-corrected chi connectivity index (χ4v) is 3.72. The summed E-state index contributed by atoms with van der Waals surface area (Å²) in [5.74, 6) is 1.08. The molecular formula is C22H40O2S. The Kier molecular flexibility index (Phi) is 7.47. The first-order chi connectivity index (χ1) is 11.4. The van der Waals surface area contributed by atoms with Gasteiger partial charge in [0.15, 0.2) is 0 Å². The third-order valence-electron chi connectivity index (χ3n) is 5.23. The molecule has 25 heavy (non-hydrogen) atoms. The van der Waals surface area contributed by atoms with Crippen LogP contribution in [0, 0.1) is 6.92 Å². The Balaban J connectivity index is 3.39. The van der Waals surface area contributed by atoms with Crippen molar-refractivity contribution in [3.8, 4) is 5.75 Å². The van der Waals surface area contributed by atoms with Crippen molar-refractivity contribution >= 4 is 10.3 Å². The maximum absolute atomic E-state index is 6.76. The Morgan fingerprint density at radius 3 is 2.08 bits per heavy atom. The van der Waals surface area contributed by atoms with Crippen molar-refractivity contribution in [1.29, 1.82) is 0 Å². The van der Waals surface area contributed by atoms with E-state index in [-0.39, 0.29) is 10.2 Å². The molecule has 0 saturated heterocycles. The van der Waals surface area contributed by atoms with Crippen LogP contribution in [0.2, 0.25) is 0 Å². The first-order valence-corrected chi connectivity index (χ1v) is 11.9. The van der Waals surface area contributed by atoms with Crippen molar-refractivity contribution in [3.05, 3.63) is 28.8 Å². The molecule has 1 aromatic rings. The van der Waals surface area contributed by atoms with Gasteiger partial charge in [-0.3, -0.25) is 0 Å². The van der Waals surface area contributed by atoms with Gasteiger partial charge in [-0.2, -0.15) is 0 Å². The predicted molar refractivity (Wildman–Crippen MR) is 115 cm³/mol. The number of hydrogen-bond acceptors (Lipinski definition) is 2. The molecule has 0 unspecified atom stereocenters. The first-order valence-electron chi connectivity index (χ1n) is 9.49. The summed E-state index contributed by atoms with van der Waals surface area (Å²) in [5, 5.41) is 0. The van der Waals surface area contributed by atoms with Crippen molar-refractivity contribution in [2.24, 2.45) is 0 Å². The van der Waals surface area contributed by atoms with Crippen LogP contribution in [0.3, 0.4) is 0 Å². The van der Waals surface area contributed by atoms with Crippen LogP contribution in [0.5, 0.6) is 5.75 Å². The topological polar surface area (TPSA) is 18.5 Å². The van der Waals surface area contributed by atoms with Crippen molar-refractivity contribution in [2.75, 3.05) is 25.7 Å². The second-order valence-electron chi connectivity index (χ2n) is 8.91. The van der Waals surface area contributed by atoms with E-state index in [4.69, 9.17) is 8.92 Å². The Bertz CT molecular complexity index is 568. The Hall–Kier alpha value is -0.670. The van der Waals surface area contributed by atoms with E-state index in [9.17, 15) is 0 Å². The van der Waals surface area contributed by atoms with E-state index in [0.717, 1.165) is 31.8 Å². The van der Waals surface area contributed by atoms with Crippen LogP contribution in [0.25, 0.3) is 0 Å². The van der Waals surface area contributed by atoms with Gasteiger partial charge in [0.25, 0.3) is 0 Å². The lowest BCUT2D eigenvalue weighted by Crippen LogP contribution is -2.29. The molecule has 1 aromatic carbocycles. The highest BCUT2D eigenvalue weighted by Gasteiger charge is 2.34. The summed E-state index contributed by atoms with van der Waals surface area (Å²) in [5.41, 5.74) is 4.07.